The first-order chi connectivity index (χ1) is 13.4. The lowest BCUT2D eigenvalue weighted by Gasteiger charge is -2.08. The summed E-state index contributed by atoms with van der Waals surface area (Å²) in [5.41, 5.74) is 3.60. The summed E-state index contributed by atoms with van der Waals surface area (Å²) in [5, 5.41) is 17.0. The summed E-state index contributed by atoms with van der Waals surface area (Å²) in [6.45, 7) is 2.23. The molecule has 0 aliphatic heterocycles. The van der Waals surface area contributed by atoms with Crippen LogP contribution in [0.25, 0.3) is 0 Å². The van der Waals surface area contributed by atoms with Gasteiger partial charge in [-0.25, -0.2) is 5.43 Å². The van der Waals surface area contributed by atoms with E-state index in [2.05, 4.69) is 15.8 Å². The van der Waals surface area contributed by atoms with Crippen molar-refractivity contribution in [2.45, 2.75) is 19.8 Å². The maximum Gasteiger partial charge on any atom is 0.240 e. The fraction of sp³-hybridized carbons (Fsp3) is 0.211. The lowest BCUT2D eigenvalue weighted by atomic mass is 10.2. The molecule has 0 aliphatic carbocycles. The van der Waals surface area contributed by atoms with Crippen LogP contribution in [0.1, 0.15) is 25.3 Å². The minimum atomic E-state index is -0.393. The summed E-state index contributed by atoms with van der Waals surface area (Å²) in [4.78, 5) is 23.7. The van der Waals surface area contributed by atoms with Gasteiger partial charge in [0.05, 0.1) is 16.4 Å². The maximum absolute atomic E-state index is 11.9. The summed E-state index contributed by atoms with van der Waals surface area (Å²) >= 11 is 7.84. The number of phenolic OH excluding ortho intramolecular Hbond substituents is 1. The molecule has 7 nitrogen and oxygen atoms in total. The van der Waals surface area contributed by atoms with E-state index in [1.165, 1.54) is 6.21 Å². The predicted octanol–water partition coefficient (Wildman–Crippen LogP) is 3.92. The monoisotopic (exact) mass is 515 g/mol. The van der Waals surface area contributed by atoms with Crippen LogP contribution in [0.15, 0.2) is 41.5 Å². The number of carbonyl (C=O) groups excluding carboxylic acids is 2. The van der Waals surface area contributed by atoms with Crippen LogP contribution in [0.4, 0.5) is 5.69 Å². The molecule has 2 rings (SSSR count). The summed E-state index contributed by atoms with van der Waals surface area (Å²) in [5.74, 6) is -0.277. The number of halogens is 2. The number of benzene rings is 2. The third kappa shape index (κ3) is 7.01. The van der Waals surface area contributed by atoms with E-state index in [1.807, 2.05) is 29.5 Å². The number of hydrogen-bond acceptors (Lipinski definition) is 5. The minimum Gasteiger partial charge on any atom is -0.504 e. The second-order valence-corrected chi connectivity index (χ2v) is 7.23. The lowest BCUT2D eigenvalue weighted by Crippen LogP contribution is -2.20. The highest BCUT2D eigenvalue weighted by Crippen LogP contribution is 2.32. The van der Waals surface area contributed by atoms with Gasteiger partial charge >= 0.3 is 0 Å². The fourth-order valence-electron chi connectivity index (χ4n) is 2.19. The van der Waals surface area contributed by atoms with Crippen molar-refractivity contribution in [1.29, 1.82) is 0 Å². The molecule has 2 aromatic rings. The molecule has 0 saturated heterocycles. The van der Waals surface area contributed by atoms with Crippen LogP contribution in [0.5, 0.6) is 11.5 Å². The molecule has 3 N–H and O–H groups in total. The van der Waals surface area contributed by atoms with Gasteiger partial charge in [0.25, 0.3) is 0 Å². The van der Waals surface area contributed by atoms with Gasteiger partial charge in [0, 0.05) is 23.6 Å². The first-order valence-electron chi connectivity index (χ1n) is 8.41. The molecule has 0 saturated carbocycles. The maximum atomic E-state index is 11.9. The van der Waals surface area contributed by atoms with Gasteiger partial charge in [-0.15, -0.1) is 0 Å². The van der Waals surface area contributed by atoms with E-state index in [-0.39, 0.29) is 24.5 Å². The van der Waals surface area contributed by atoms with Crippen molar-refractivity contribution in [2.24, 2.45) is 5.10 Å². The number of aromatic hydroxyl groups is 1. The van der Waals surface area contributed by atoms with Gasteiger partial charge in [-0.3, -0.25) is 9.59 Å². The van der Waals surface area contributed by atoms with Crippen molar-refractivity contribution >= 4 is 57.9 Å². The quantitative estimate of drug-likeness (QED) is 0.282. The number of hydrogen-bond donors (Lipinski definition) is 3. The number of hydrazone groups is 1. The Morgan fingerprint density at radius 3 is 2.71 bits per heavy atom. The zero-order chi connectivity index (χ0) is 20.5. The van der Waals surface area contributed by atoms with E-state index in [0.717, 1.165) is 0 Å². The summed E-state index contributed by atoms with van der Waals surface area (Å²) in [6.07, 6.45) is 1.44. The molecular weight excluding hydrogens is 497 g/mol. The average Bonchev–Trinajstić information content (AvgIpc) is 2.64. The SMILES string of the molecule is CCOc1cc(C=NNC(=O)CCC(=O)Nc2cccc(Cl)c2)cc(I)c1O. The van der Waals surface area contributed by atoms with Gasteiger partial charge in [-0.1, -0.05) is 17.7 Å². The van der Waals surface area contributed by atoms with Crippen LogP contribution in [0, 0.1) is 3.57 Å². The smallest absolute Gasteiger partial charge is 0.240 e. The molecule has 0 unspecified atom stereocenters. The molecule has 2 aromatic carbocycles. The van der Waals surface area contributed by atoms with Crippen molar-refractivity contribution in [3.8, 4) is 11.5 Å². The van der Waals surface area contributed by atoms with E-state index in [9.17, 15) is 14.7 Å². The standard InChI is InChI=1S/C19H19ClIN3O4/c1-2-28-16-9-12(8-15(21)19(16)27)11-22-24-18(26)7-6-17(25)23-14-5-3-4-13(20)10-14/h3-5,8-11,27H,2,6-7H2,1H3,(H,23,25)(H,24,26). The average molecular weight is 516 g/mol. The predicted molar refractivity (Wildman–Crippen MR) is 117 cm³/mol. The molecule has 0 heterocycles. The minimum absolute atomic E-state index is 0.0129. The number of carbonyl (C=O) groups is 2. The van der Waals surface area contributed by atoms with Crippen molar-refractivity contribution < 1.29 is 19.4 Å². The van der Waals surface area contributed by atoms with Gasteiger partial charge in [0.15, 0.2) is 11.5 Å². The van der Waals surface area contributed by atoms with Crippen LogP contribution in [0.3, 0.4) is 0 Å². The van der Waals surface area contributed by atoms with Crippen LogP contribution in [-0.2, 0) is 9.59 Å². The van der Waals surface area contributed by atoms with Gasteiger partial charge < -0.3 is 15.2 Å². The lowest BCUT2D eigenvalue weighted by molar-refractivity contribution is -0.124. The van der Waals surface area contributed by atoms with Crippen LogP contribution in [-0.4, -0.2) is 29.7 Å². The molecule has 9 heteroatoms. The number of ether oxygens (including phenoxy) is 1. The van der Waals surface area contributed by atoms with E-state index in [0.29, 0.717) is 32.2 Å². The third-order valence-corrected chi connectivity index (χ3v) is 4.50. The molecule has 0 fully saturated rings. The summed E-state index contributed by atoms with van der Waals surface area (Å²) < 4.78 is 5.96. The second-order valence-electron chi connectivity index (χ2n) is 5.63. The van der Waals surface area contributed by atoms with E-state index in [4.69, 9.17) is 16.3 Å². The van der Waals surface area contributed by atoms with Gasteiger partial charge in [-0.2, -0.15) is 5.10 Å². The third-order valence-electron chi connectivity index (χ3n) is 3.44. The molecule has 28 heavy (non-hydrogen) atoms. The molecule has 0 radical (unpaired) electrons. The fourth-order valence-corrected chi connectivity index (χ4v) is 3.00. The normalized spacial score (nSPS) is 10.7. The van der Waals surface area contributed by atoms with E-state index >= 15 is 0 Å². The topological polar surface area (TPSA) is 100 Å². The Hall–Kier alpha value is -2.33. The Balaban J connectivity index is 1.82. The Bertz CT molecular complexity index is 889. The second kappa shape index (κ2) is 10.9. The largest absolute Gasteiger partial charge is 0.504 e. The molecule has 0 atom stereocenters. The highest BCUT2D eigenvalue weighted by molar-refractivity contribution is 14.1. The molecule has 0 aliphatic rings. The number of phenols is 1. The Kier molecular flexibility index (Phi) is 8.52. The van der Waals surface area contributed by atoms with E-state index in [1.54, 1.807) is 36.4 Å². The van der Waals surface area contributed by atoms with Gasteiger partial charge in [0.1, 0.15) is 0 Å². The van der Waals surface area contributed by atoms with Crippen molar-refractivity contribution in [2.75, 3.05) is 11.9 Å². The van der Waals surface area contributed by atoms with Crippen LogP contribution >= 0.6 is 34.2 Å². The Morgan fingerprint density at radius 1 is 1.25 bits per heavy atom. The number of nitrogens with one attached hydrogen (secondary N) is 2. The molecule has 0 aromatic heterocycles. The molecule has 148 valence electrons. The first-order valence-corrected chi connectivity index (χ1v) is 9.87. The van der Waals surface area contributed by atoms with Crippen molar-refractivity contribution in [3.63, 3.8) is 0 Å². The summed E-state index contributed by atoms with van der Waals surface area (Å²) in [7, 11) is 0. The number of rotatable bonds is 8. The summed E-state index contributed by atoms with van der Waals surface area (Å²) in [6, 6.07) is 10.1. The van der Waals surface area contributed by atoms with Crippen LogP contribution in [0.2, 0.25) is 5.02 Å². The number of anilines is 1. The highest BCUT2D eigenvalue weighted by atomic mass is 127. The molecular formula is C19H19ClIN3O4. The zero-order valence-corrected chi connectivity index (χ0v) is 18.0. The first kappa shape index (κ1) is 22.0. The number of amides is 2. The van der Waals surface area contributed by atoms with E-state index < -0.39 is 5.91 Å². The van der Waals surface area contributed by atoms with Crippen LogP contribution < -0.4 is 15.5 Å². The van der Waals surface area contributed by atoms with Crippen molar-refractivity contribution in [3.05, 3.63) is 50.6 Å². The molecule has 0 bridgehead atoms. The van der Waals surface area contributed by atoms with Crippen molar-refractivity contribution in [1.82, 2.24) is 5.43 Å². The highest BCUT2D eigenvalue weighted by Gasteiger charge is 2.09. The Morgan fingerprint density at radius 2 is 2.00 bits per heavy atom. The number of nitrogens with zero attached hydrogens (tertiary/aromatic N) is 1. The molecule has 0 spiro atoms. The van der Waals surface area contributed by atoms with Gasteiger partial charge in [-0.05, 0) is 65.4 Å². The van der Waals surface area contributed by atoms with Gasteiger partial charge in [0.2, 0.25) is 11.8 Å². The Labute approximate surface area is 181 Å². The molecule has 2 amide bonds. The zero-order valence-electron chi connectivity index (χ0n) is 15.0.